The summed E-state index contributed by atoms with van der Waals surface area (Å²) >= 11 is 0. The van der Waals surface area contributed by atoms with Crippen molar-refractivity contribution in [1.29, 1.82) is 0 Å². The molecule has 0 atom stereocenters. The number of nitrogens with zero attached hydrogens (tertiary/aromatic N) is 2. The normalized spacial score (nSPS) is 14.2. The molecule has 1 aliphatic rings. The lowest BCUT2D eigenvalue weighted by Crippen LogP contribution is -2.37. The summed E-state index contributed by atoms with van der Waals surface area (Å²) in [7, 11) is -3.63. The van der Waals surface area contributed by atoms with Crippen molar-refractivity contribution in [3.05, 3.63) is 71.4 Å². The van der Waals surface area contributed by atoms with Crippen LogP contribution in [-0.2, 0) is 22.6 Å². The topological polar surface area (TPSA) is 99.6 Å². The summed E-state index contributed by atoms with van der Waals surface area (Å²) in [4.78, 5) is 18.4. The van der Waals surface area contributed by atoms with E-state index < -0.39 is 21.8 Å². The summed E-state index contributed by atoms with van der Waals surface area (Å²) in [5, 5.41) is 9.92. The van der Waals surface area contributed by atoms with Crippen LogP contribution in [0.15, 0.2) is 54.7 Å². The van der Waals surface area contributed by atoms with Crippen molar-refractivity contribution in [1.82, 2.24) is 4.98 Å². The van der Waals surface area contributed by atoms with E-state index in [1.54, 1.807) is 18.2 Å². The lowest BCUT2D eigenvalue weighted by molar-refractivity contribution is -0.137. The average Bonchev–Trinajstić information content (AvgIpc) is 2.74. The van der Waals surface area contributed by atoms with Crippen LogP contribution in [0.3, 0.4) is 0 Å². The van der Waals surface area contributed by atoms with Gasteiger partial charge >= 0.3 is 6.18 Å². The van der Waals surface area contributed by atoms with Gasteiger partial charge in [0.05, 0.1) is 23.2 Å². The average molecular weight is 477 g/mol. The van der Waals surface area contributed by atoms with Crippen molar-refractivity contribution in [2.24, 2.45) is 0 Å². The van der Waals surface area contributed by atoms with Gasteiger partial charge in [-0.2, -0.15) is 13.2 Å². The Labute approximate surface area is 187 Å². The quantitative estimate of drug-likeness (QED) is 0.553. The fraction of sp³-hybridized carbons (Fsp3) is 0.182. The van der Waals surface area contributed by atoms with E-state index in [0.717, 1.165) is 24.1 Å². The van der Waals surface area contributed by atoms with Crippen LogP contribution in [0.4, 0.5) is 24.5 Å². The molecule has 0 bridgehead atoms. The first-order valence-electron chi connectivity index (χ1n) is 9.71. The Balaban J connectivity index is 1.61. The van der Waals surface area contributed by atoms with Gasteiger partial charge in [0.1, 0.15) is 5.75 Å². The van der Waals surface area contributed by atoms with E-state index >= 15 is 0 Å². The largest absolute Gasteiger partial charge is 0.506 e. The number of aromatic hydroxyl groups is 1. The highest BCUT2D eigenvalue weighted by atomic mass is 32.2. The molecule has 11 heteroatoms. The van der Waals surface area contributed by atoms with E-state index in [1.165, 1.54) is 29.2 Å². The molecule has 33 heavy (non-hydrogen) atoms. The van der Waals surface area contributed by atoms with Gasteiger partial charge < -0.3 is 10.0 Å². The minimum Gasteiger partial charge on any atom is -0.506 e. The fourth-order valence-electron chi connectivity index (χ4n) is 3.60. The SMILES string of the molecule is CS(=O)(=O)Nc1cc(N2CCc3cc(-c4ccc(C(F)(F)F)cn4)ccc3C2=O)ccc1O. The highest BCUT2D eigenvalue weighted by Crippen LogP contribution is 2.34. The number of phenolic OH excluding ortho intramolecular Hbond substituents is 1. The molecule has 1 aromatic heterocycles. The molecule has 0 spiro atoms. The molecule has 2 aromatic carbocycles. The van der Waals surface area contributed by atoms with Crippen LogP contribution in [0.5, 0.6) is 5.75 Å². The molecule has 0 unspecified atom stereocenters. The number of anilines is 2. The molecule has 1 amide bonds. The number of amides is 1. The van der Waals surface area contributed by atoms with Crippen LogP contribution in [0, 0.1) is 0 Å². The van der Waals surface area contributed by atoms with Crippen molar-refractivity contribution in [2.45, 2.75) is 12.6 Å². The van der Waals surface area contributed by atoms with E-state index in [0.29, 0.717) is 35.5 Å². The minimum absolute atomic E-state index is 0.0441. The number of fused-ring (bicyclic) bond motifs is 1. The molecular formula is C22H18F3N3O4S. The smallest absolute Gasteiger partial charge is 0.417 e. The monoisotopic (exact) mass is 477 g/mol. The number of rotatable bonds is 4. The molecule has 0 radical (unpaired) electrons. The van der Waals surface area contributed by atoms with Crippen LogP contribution in [0.1, 0.15) is 21.5 Å². The number of carbonyl (C=O) groups excluding carboxylic acids is 1. The number of carbonyl (C=O) groups is 1. The van der Waals surface area contributed by atoms with Crippen LogP contribution >= 0.6 is 0 Å². The summed E-state index contributed by atoms with van der Waals surface area (Å²) < 4.78 is 63.5. The van der Waals surface area contributed by atoms with Crippen LogP contribution in [0.2, 0.25) is 0 Å². The first-order valence-corrected chi connectivity index (χ1v) is 11.6. The predicted molar refractivity (Wildman–Crippen MR) is 117 cm³/mol. The molecule has 0 aliphatic carbocycles. The Morgan fingerprint density at radius 1 is 1.09 bits per heavy atom. The summed E-state index contributed by atoms with van der Waals surface area (Å²) in [5.74, 6) is -0.595. The maximum Gasteiger partial charge on any atom is 0.417 e. The number of phenols is 1. The van der Waals surface area contributed by atoms with Crippen LogP contribution in [-0.4, -0.2) is 37.2 Å². The standard InChI is InChI=1S/C22H18F3N3O4S/c1-33(31,32)27-19-11-16(4-7-20(19)29)28-9-8-13-10-14(2-5-17(13)21(28)30)18-6-3-15(12-26-18)22(23,24)25/h2-7,10-12,27,29H,8-9H2,1H3. The zero-order chi connectivity index (χ0) is 24.0. The lowest BCUT2D eigenvalue weighted by Gasteiger charge is -2.29. The highest BCUT2D eigenvalue weighted by Gasteiger charge is 2.31. The second kappa shape index (κ2) is 8.07. The van der Waals surface area contributed by atoms with E-state index in [4.69, 9.17) is 0 Å². The first kappa shape index (κ1) is 22.6. The van der Waals surface area contributed by atoms with E-state index in [9.17, 15) is 31.5 Å². The van der Waals surface area contributed by atoms with Gasteiger partial charge in [0.15, 0.2) is 0 Å². The number of aromatic nitrogens is 1. The Bertz CT molecular complexity index is 1340. The molecule has 1 aliphatic heterocycles. The zero-order valence-electron chi connectivity index (χ0n) is 17.2. The Morgan fingerprint density at radius 2 is 1.85 bits per heavy atom. The Hall–Kier alpha value is -3.60. The van der Waals surface area contributed by atoms with Gasteiger partial charge in [0.25, 0.3) is 5.91 Å². The fourth-order valence-corrected chi connectivity index (χ4v) is 4.16. The van der Waals surface area contributed by atoms with Crippen molar-refractivity contribution < 1.29 is 31.5 Å². The third kappa shape index (κ3) is 4.77. The number of pyridine rings is 1. The summed E-state index contributed by atoms with van der Waals surface area (Å²) in [6.07, 6.45) is -2.29. The van der Waals surface area contributed by atoms with Gasteiger partial charge in [0.2, 0.25) is 10.0 Å². The Kier molecular flexibility index (Phi) is 5.52. The number of hydrogen-bond acceptors (Lipinski definition) is 5. The summed E-state index contributed by atoms with van der Waals surface area (Å²) in [6, 6.07) is 11.4. The Morgan fingerprint density at radius 3 is 2.48 bits per heavy atom. The lowest BCUT2D eigenvalue weighted by atomic mass is 9.95. The zero-order valence-corrected chi connectivity index (χ0v) is 18.0. The van der Waals surface area contributed by atoms with Crippen molar-refractivity contribution >= 4 is 27.3 Å². The summed E-state index contributed by atoms with van der Waals surface area (Å²) in [6.45, 7) is 0.290. The van der Waals surface area contributed by atoms with Gasteiger partial charge in [-0.15, -0.1) is 0 Å². The first-order chi connectivity index (χ1) is 15.4. The van der Waals surface area contributed by atoms with Gasteiger partial charge in [-0.05, 0) is 54.4 Å². The maximum absolute atomic E-state index is 13.1. The second-order valence-corrected chi connectivity index (χ2v) is 9.33. The molecule has 172 valence electrons. The third-order valence-corrected chi connectivity index (χ3v) is 5.75. The number of nitrogens with one attached hydrogen (secondary N) is 1. The molecule has 2 N–H and O–H groups in total. The second-order valence-electron chi connectivity index (χ2n) is 7.58. The maximum atomic E-state index is 13.1. The number of hydrogen-bond donors (Lipinski definition) is 2. The molecular weight excluding hydrogens is 459 g/mol. The van der Waals surface area contributed by atoms with Crippen molar-refractivity contribution in [3.63, 3.8) is 0 Å². The van der Waals surface area contributed by atoms with Gasteiger partial charge in [-0.1, -0.05) is 6.07 Å². The van der Waals surface area contributed by atoms with E-state index in [1.807, 2.05) is 0 Å². The predicted octanol–water partition coefficient (Wildman–Crippen LogP) is 4.05. The van der Waals surface area contributed by atoms with Crippen molar-refractivity contribution in [2.75, 3.05) is 22.4 Å². The number of halogens is 3. The summed E-state index contributed by atoms with van der Waals surface area (Å²) in [5.41, 5.74) is 1.61. The number of sulfonamides is 1. The molecule has 0 saturated heterocycles. The number of benzene rings is 2. The van der Waals surface area contributed by atoms with E-state index in [-0.39, 0.29) is 17.3 Å². The molecule has 3 aromatic rings. The molecule has 2 heterocycles. The minimum atomic E-state index is -4.47. The molecule has 0 saturated carbocycles. The van der Waals surface area contributed by atoms with Gasteiger partial charge in [0, 0.05) is 29.6 Å². The number of alkyl halides is 3. The van der Waals surface area contributed by atoms with E-state index in [2.05, 4.69) is 9.71 Å². The molecule has 7 nitrogen and oxygen atoms in total. The van der Waals surface area contributed by atoms with Crippen LogP contribution < -0.4 is 9.62 Å². The highest BCUT2D eigenvalue weighted by molar-refractivity contribution is 7.92. The van der Waals surface area contributed by atoms with Gasteiger partial charge in [-0.25, -0.2) is 8.42 Å². The molecule has 4 rings (SSSR count). The van der Waals surface area contributed by atoms with Gasteiger partial charge in [-0.3, -0.25) is 14.5 Å². The molecule has 0 fully saturated rings. The third-order valence-electron chi connectivity index (χ3n) is 5.16. The van der Waals surface area contributed by atoms with Crippen molar-refractivity contribution in [3.8, 4) is 17.0 Å². The van der Waals surface area contributed by atoms with Crippen LogP contribution in [0.25, 0.3) is 11.3 Å².